The zero-order chi connectivity index (χ0) is 19.1. The zero-order valence-corrected chi connectivity index (χ0v) is 15.8. The van der Waals surface area contributed by atoms with Gasteiger partial charge in [0, 0.05) is 17.8 Å². The molecule has 2 rings (SSSR count). The van der Waals surface area contributed by atoms with Gasteiger partial charge in [-0.1, -0.05) is 26.0 Å². The summed E-state index contributed by atoms with van der Waals surface area (Å²) in [7, 11) is 0. The minimum Gasteiger partial charge on any atom is -0.484 e. The van der Waals surface area contributed by atoms with Crippen LogP contribution in [-0.4, -0.2) is 25.0 Å². The highest BCUT2D eigenvalue weighted by atomic mass is 16.5. The minimum absolute atomic E-state index is 0.0906. The Morgan fingerprint density at radius 2 is 1.73 bits per heavy atom. The van der Waals surface area contributed by atoms with Gasteiger partial charge in [-0.2, -0.15) is 0 Å². The van der Waals surface area contributed by atoms with Crippen molar-refractivity contribution in [3.8, 4) is 5.75 Å². The number of hydrogen-bond donors (Lipinski definition) is 2. The number of aryl methyl sites for hydroxylation is 2. The predicted molar refractivity (Wildman–Crippen MR) is 104 cm³/mol. The monoisotopic (exact) mass is 354 g/mol. The maximum Gasteiger partial charge on any atom is 0.262 e. The molecule has 5 heteroatoms. The van der Waals surface area contributed by atoms with Crippen LogP contribution in [0.1, 0.15) is 35.3 Å². The van der Waals surface area contributed by atoms with Crippen LogP contribution in [0.4, 0.5) is 5.69 Å². The Morgan fingerprint density at radius 3 is 2.38 bits per heavy atom. The number of ether oxygens (including phenoxy) is 1. The van der Waals surface area contributed by atoms with E-state index in [4.69, 9.17) is 4.74 Å². The molecule has 0 unspecified atom stereocenters. The molecule has 0 atom stereocenters. The van der Waals surface area contributed by atoms with Crippen molar-refractivity contribution in [3.63, 3.8) is 0 Å². The largest absolute Gasteiger partial charge is 0.484 e. The lowest BCUT2D eigenvalue weighted by Gasteiger charge is -2.11. The molecule has 0 fully saturated rings. The molecule has 0 heterocycles. The van der Waals surface area contributed by atoms with Gasteiger partial charge in [0.25, 0.3) is 11.8 Å². The number of hydrogen-bond acceptors (Lipinski definition) is 3. The van der Waals surface area contributed by atoms with Crippen LogP contribution in [0, 0.1) is 19.8 Å². The second-order valence-corrected chi connectivity index (χ2v) is 6.84. The normalized spacial score (nSPS) is 10.5. The van der Waals surface area contributed by atoms with E-state index in [-0.39, 0.29) is 18.4 Å². The molecule has 0 radical (unpaired) electrons. The molecule has 2 amide bonds. The number of carbonyl (C=O) groups is 2. The molecule has 2 aromatic rings. The first-order chi connectivity index (χ1) is 12.3. The molecular formula is C21H26N2O3. The summed E-state index contributed by atoms with van der Waals surface area (Å²) in [5.41, 5.74) is 3.25. The molecule has 0 aliphatic carbocycles. The molecule has 138 valence electrons. The van der Waals surface area contributed by atoms with E-state index in [0.717, 1.165) is 11.1 Å². The topological polar surface area (TPSA) is 67.4 Å². The van der Waals surface area contributed by atoms with Crippen molar-refractivity contribution in [2.45, 2.75) is 27.7 Å². The number of anilines is 1. The molecule has 0 aromatic heterocycles. The van der Waals surface area contributed by atoms with Crippen molar-refractivity contribution in [1.82, 2.24) is 5.32 Å². The van der Waals surface area contributed by atoms with E-state index < -0.39 is 0 Å². The molecule has 0 bridgehead atoms. The van der Waals surface area contributed by atoms with Crippen LogP contribution in [-0.2, 0) is 4.79 Å². The third-order valence-corrected chi connectivity index (χ3v) is 3.64. The second-order valence-electron chi connectivity index (χ2n) is 6.84. The molecular weight excluding hydrogens is 328 g/mol. The first-order valence-electron chi connectivity index (χ1n) is 8.72. The van der Waals surface area contributed by atoms with Crippen LogP contribution in [0.5, 0.6) is 5.75 Å². The van der Waals surface area contributed by atoms with E-state index in [1.165, 1.54) is 0 Å². The van der Waals surface area contributed by atoms with Crippen molar-refractivity contribution in [2.24, 2.45) is 5.92 Å². The fourth-order valence-electron chi connectivity index (χ4n) is 2.50. The van der Waals surface area contributed by atoms with E-state index in [1.807, 2.05) is 45.9 Å². The van der Waals surface area contributed by atoms with Crippen molar-refractivity contribution in [1.29, 1.82) is 0 Å². The molecule has 0 spiro atoms. The maximum absolute atomic E-state index is 12.1. The fraction of sp³-hybridized carbons (Fsp3) is 0.333. The highest BCUT2D eigenvalue weighted by molar-refractivity contribution is 5.97. The van der Waals surface area contributed by atoms with Gasteiger partial charge in [0.1, 0.15) is 5.75 Å². The molecule has 2 N–H and O–H groups in total. The van der Waals surface area contributed by atoms with Crippen LogP contribution in [0.15, 0.2) is 42.5 Å². The minimum atomic E-state index is -0.274. The van der Waals surface area contributed by atoms with Crippen molar-refractivity contribution in [2.75, 3.05) is 18.5 Å². The lowest BCUT2D eigenvalue weighted by molar-refractivity contribution is -0.118. The summed E-state index contributed by atoms with van der Waals surface area (Å²) in [6.07, 6.45) is 0. The van der Waals surface area contributed by atoms with E-state index in [9.17, 15) is 9.59 Å². The second kappa shape index (κ2) is 9.04. The summed E-state index contributed by atoms with van der Waals surface area (Å²) in [5.74, 6) is 0.619. The number of carbonyl (C=O) groups excluding carboxylic acids is 2. The standard InChI is InChI=1S/C21H26N2O3/c1-14(2)12-22-21(25)17-6-5-7-18(11-17)23-20(24)13-26-19-9-15(3)8-16(4)10-19/h5-11,14H,12-13H2,1-4H3,(H,22,25)(H,23,24). The van der Waals surface area contributed by atoms with Gasteiger partial charge in [-0.25, -0.2) is 0 Å². The first-order valence-corrected chi connectivity index (χ1v) is 8.72. The number of benzene rings is 2. The van der Waals surface area contributed by atoms with Crippen molar-refractivity contribution >= 4 is 17.5 Å². The van der Waals surface area contributed by atoms with Gasteiger partial charge in [-0.05, 0) is 61.2 Å². The number of amides is 2. The molecule has 2 aromatic carbocycles. The van der Waals surface area contributed by atoms with E-state index in [2.05, 4.69) is 10.6 Å². The Balaban J connectivity index is 1.92. The molecule has 0 saturated carbocycles. The Bertz CT molecular complexity index is 764. The Hall–Kier alpha value is -2.82. The molecule has 0 aliphatic rings. The van der Waals surface area contributed by atoms with Crippen LogP contribution in [0.3, 0.4) is 0 Å². The third kappa shape index (κ3) is 6.24. The summed E-state index contributed by atoms with van der Waals surface area (Å²) in [5, 5.41) is 5.62. The van der Waals surface area contributed by atoms with Gasteiger partial charge in [0.2, 0.25) is 0 Å². The summed E-state index contributed by atoms with van der Waals surface area (Å²) < 4.78 is 5.55. The Kier molecular flexibility index (Phi) is 6.78. The maximum atomic E-state index is 12.1. The summed E-state index contributed by atoms with van der Waals surface area (Å²) in [6.45, 7) is 8.55. The molecule has 0 aliphatic heterocycles. The van der Waals surface area contributed by atoms with Gasteiger partial charge >= 0.3 is 0 Å². The highest BCUT2D eigenvalue weighted by Crippen LogP contribution is 2.16. The van der Waals surface area contributed by atoms with E-state index >= 15 is 0 Å². The summed E-state index contributed by atoms with van der Waals surface area (Å²) in [6, 6.07) is 12.7. The highest BCUT2D eigenvalue weighted by Gasteiger charge is 2.09. The molecule has 0 saturated heterocycles. The lowest BCUT2D eigenvalue weighted by Crippen LogP contribution is -2.27. The van der Waals surface area contributed by atoms with Gasteiger partial charge in [-0.3, -0.25) is 9.59 Å². The smallest absolute Gasteiger partial charge is 0.262 e. The van der Waals surface area contributed by atoms with Crippen molar-refractivity contribution < 1.29 is 14.3 Å². The number of nitrogens with one attached hydrogen (secondary N) is 2. The van der Waals surface area contributed by atoms with Gasteiger partial charge in [0.15, 0.2) is 6.61 Å². The van der Waals surface area contributed by atoms with E-state index in [0.29, 0.717) is 29.5 Å². The molecule has 5 nitrogen and oxygen atoms in total. The molecule has 26 heavy (non-hydrogen) atoms. The van der Waals surface area contributed by atoms with Crippen LogP contribution < -0.4 is 15.4 Å². The fourth-order valence-corrected chi connectivity index (χ4v) is 2.50. The van der Waals surface area contributed by atoms with Crippen LogP contribution in [0.25, 0.3) is 0 Å². The predicted octanol–water partition coefficient (Wildman–Crippen LogP) is 3.71. The zero-order valence-electron chi connectivity index (χ0n) is 15.8. The third-order valence-electron chi connectivity index (χ3n) is 3.64. The van der Waals surface area contributed by atoms with Gasteiger partial charge in [0.05, 0.1) is 0 Å². The Morgan fingerprint density at radius 1 is 1.04 bits per heavy atom. The summed E-state index contributed by atoms with van der Waals surface area (Å²) in [4.78, 5) is 24.2. The Labute approximate surface area is 154 Å². The summed E-state index contributed by atoms with van der Waals surface area (Å²) >= 11 is 0. The number of rotatable bonds is 7. The first kappa shape index (κ1) is 19.5. The van der Waals surface area contributed by atoms with Gasteiger partial charge in [-0.15, -0.1) is 0 Å². The average Bonchev–Trinajstić information content (AvgIpc) is 2.57. The SMILES string of the molecule is Cc1cc(C)cc(OCC(=O)Nc2cccc(C(=O)NCC(C)C)c2)c1. The van der Waals surface area contributed by atoms with Crippen LogP contribution >= 0.6 is 0 Å². The lowest BCUT2D eigenvalue weighted by atomic mass is 10.1. The van der Waals surface area contributed by atoms with Crippen molar-refractivity contribution in [3.05, 3.63) is 59.2 Å². The quantitative estimate of drug-likeness (QED) is 0.796. The average molecular weight is 354 g/mol. The van der Waals surface area contributed by atoms with E-state index in [1.54, 1.807) is 24.3 Å². The van der Waals surface area contributed by atoms with Crippen LogP contribution in [0.2, 0.25) is 0 Å². The van der Waals surface area contributed by atoms with Gasteiger partial charge < -0.3 is 15.4 Å².